The zero-order valence-electron chi connectivity index (χ0n) is 9.46. The van der Waals surface area contributed by atoms with E-state index in [4.69, 9.17) is 0 Å². The lowest BCUT2D eigenvalue weighted by molar-refractivity contribution is 0.401. The van der Waals surface area contributed by atoms with Crippen molar-refractivity contribution in [2.45, 2.75) is 6.42 Å². The second-order valence-electron chi connectivity index (χ2n) is 3.93. The molecule has 0 fully saturated rings. The molecule has 0 bridgehead atoms. The van der Waals surface area contributed by atoms with Crippen LogP contribution < -0.4 is 5.32 Å². The highest BCUT2D eigenvalue weighted by Gasteiger charge is 1.94. The lowest BCUT2D eigenvalue weighted by Crippen LogP contribution is -2.27. The molecule has 0 amide bonds. The Hall–Kier alpha value is -0.380. The monoisotopic (exact) mass is 270 g/mol. The third-order valence-corrected chi connectivity index (χ3v) is 2.71. The molecule has 0 spiro atoms. The van der Waals surface area contributed by atoms with Crippen LogP contribution in [0.2, 0.25) is 0 Å². The molecule has 0 heterocycles. The third kappa shape index (κ3) is 5.92. The zero-order chi connectivity index (χ0) is 11.1. The summed E-state index contributed by atoms with van der Waals surface area (Å²) in [6.07, 6.45) is 1.09. The van der Waals surface area contributed by atoms with Crippen molar-refractivity contribution in [3.63, 3.8) is 0 Å². The lowest BCUT2D eigenvalue weighted by Gasteiger charge is -2.10. The van der Waals surface area contributed by atoms with Crippen molar-refractivity contribution in [1.29, 1.82) is 0 Å². The van der Waals surface area contributed by atoms with E-state index in [-0.39, 0.29) is 0 Å². The number of nitrogens with one attached hydrogen (secondary N) is 1. The van der Waals surface area contributed by atoms with Gasteiger partial charge in [-0.05, 0) is 44.8 Å². The van der Waals surface area contributed by atoms with E-state index in [1.54, 1.807) is 0 Å². The number of hydrogen-bond donors (Lipinski definition) is 1. The molecule has 1 rings (SSSR count). The molecule has 0 atom stereocenters. The topological polar surface area (TPSA) is 15.3 Å². The highest BCUT2D eigenvalue weighted by molar-refractivity contribution is 9.10. The van der Waals surface area contributed by atoms with Gasteiger partial charge in [0.1, 0.15) is 0 Å². The molecule has 15 heavy (non-hydrogen) atoms. The van der Waals surface area contributed by atoms with E-state index in [0.29, 0.717) is 0 Å². The maximum Gasteiger partial charge on any atom is 0.0178 e. The van der Waals surface area contributed by atoms with E-state index in [9.17, 15) is 0 Å². The van der Waals surface area contributed by atoms with Crippen molar-refractivity contribution in [2.24, 2.45) is 0 Å². The van der Waals surface area contributed by atoms with E-state index in [0.717, 1.165) is 30.5 Å². The molecule has 1 N–H and O–H groups in total. The Balaban J connectivity index is 2.15. The first kappa shape index (κ1) is 12.7. The normalized spacial score (nSPS) is 10.9. The number of hydrogen-bond acceptors (Lipinski definition) is 2. The summed E-state index contributed by atoms with van der Waals surface area (Å²) in [5.74, 6) is 0. The Morgan fingerprint density at radius 3 is 2.73 bits per heavy atom. The van der Waals surface area contributed by atoms with E-state index in [1.165, 1.54) is 5.56 Å². The van der Waals surface area contributed by atoms with E-state index < -0.39 is 0 Å². The SMILES string of the molecule is CN(C)CCNCCc1cccc(Br)c1. The summed E-state index contributed by atoms with van der Waals surface area (Å²) in [5, 5.41) is 3.43. The summed E-state index contributed by atoms with van der Waals surface area (Å²) in [4.78, 5) is 2.19. The van der Waals surface area contributed by atoms with Gasteiger partial charge >= 0.3 is 0 Å². The van der Waals surface area contributed by atoms with Crippen molar-refractivity contribution in [1.82, 2.24) is 10.2 Å². The molecule has 3 heteroatoms. The van der Waals surface area contributed by atoms with E-state index >= 15 is 0 Å². The second-order valence-corrected chi connectivity index (χ2v) is 4.85. The molecule has 0 saturated heterocycles. The Bertz CT molecular complexity index is 287. The van der Waals surface area contributed by atoms with Gasteiger partial charge in [-0.2, -0.15) is 0 Å². The van der Waals surface area contributed by atoms with Gasteiger partial charge in [-0.3, -0.25) is 0 Å². The average Bonchev–Trinajstić information content (AvgIpc) is 2.17. The van der Waals surface area contributed by atoms with Crippen LogP contribution in [-0.2, 0) is 6.42 Å². The first-order valence-corrected chi connectivity index (χ1v) is 6.07. The van der Waals surface area contributed by atoms with Gasteiger partial charge in [0.05, 0.1) is 0 Å². The lowest BCUT2D eigenvalue weighted by atomic mass is 10.1. The van der Waals surface area contributed by atoms with Gasteiger partial charge in [-0.1, -0.05) is 28.1 Å². The van der Waals surface area contributed by atoms with Crippen LogP contribution in [0.5, 0.6) is 0 Å². The molecule has 2 nitrogen and oxygen atoms in total. The maximum absolute atomic E-state index is 3.48. The average molecular weight is 271 g/mol. The Kier molecular flexibility index (Phi) is 5.91. The number of nitrogens with zero attached hydrogens (tertiary/aromatic N) is 1. The number of halogens is 1. The van der Waals surface area contributed by atoms with Crippen LogP contribution in [0.1, 0.15) is 5.56 Å². The third-order valence-electron chi connectivity index (χ3n) is 2.22. The van der Waals surface area contributed by atoms with Crippen LogP contribution >= 0.6 is 15.9 Å². The van der Waals surface area contributed by atoms with Crippen molar-refractivity contribution in [3.8, 4) is 0 Å². The van der Waals surface area contributed by atoms with Gasteiger partial charge in [-0.25, -0.2) is 0 Å². The molecule has 0 unspecified atom stereocenters. The molecule has 0 aromatic heterocycles. The molecule has 1 aromatic rings. The maximum atomic E-state index is 3.48. The van der Waals surface area contributed by atoms with Crippen molar-refractivity contribution >= 4 is 15.9 Å². The first-order chi connectivity index (χ1) is 7.18. The first-order valence-electron chi connectivity index (χ1n) is 5.28. The molecule has 0 aliphatic rings. The van der Waals surface area contributed by atoms with Crippen LogP contribution in [0.15, 0.2) is 28.7 Å². The minimum atomic E-state index is 1.05. The number of rotatable bonds is 6. The fourth-order valence-electron chi connectivity index (χ4n) is 1.35. The molecule has 84 valence electrons. The molecule has 0 radical (unpaired) electrons. The summed E-state index contributed by atoms with van der Waals surface area (Å²) in [6.45, 7) is 3.20. The zero-order valence-corrected chi connectivity index (χ0v) is 11.0. The fraction of sp³-hybridized carbons (Fsp3) is 0.500. The van der Waals surface area contributed by atoms with Gasteiger partial charge < -0.3 is 10.2 Å². The highest BCUT2D eigenvalue weighted by Crippen LogP contribution is 2.11. The predicted molar refractivity (Wildman–Crippen MR) is 69.3 cm³/mol. The summed E-state index contributed by atoms with van der Waals surface area (Å²) in [6, 6.07) is 8.48. The Morgan fingerprint density at radius 1 is 1.27 bits per heavy atom. The Labute approximate surface area is 101 Å². The minimum Gasteiger partial charge on any atom is -0.315 e. The van der Waals surface area contributed by atoms with Crippen molar-refractivity contribution in [2.75, 3.05) is 33.7 Å². The quantitative estimate of drug-likeness (QED) is 0.797. The summed E-state index contributed by atoms with van der Waals surface area (Å²) < 4.78 is 1.16. The Morgan fingerprint density at radius 2 is 2.07 bits per heavy atom. The van der Waals surface area contributed by atoms with Gasteiger partial charge in [-0.15, -0.1) is 0 Å². The van der Waals surface area contributed by atoms with Gasteiger partial charge in [0.2, 0.25) is 0 Å². The van der Waals surface area contributed by atoms with Crippen LogP contribution in [0.4, 0.5) is 0 Å². The second kappa shape index (κ2) is 6.99. The van der Waals surface area contributed by atoms with Crippen LogP contribution in [0, 0.1) is 0 Å². The van der Waals surface area contributed by atoms with Crippen LogP contribution in [0.25, 0.3) is 0 Å². The summed E-state index contributed by atoms with van der Waals surface area (Å²) >= 11 is 3.48. The smallest absolute Gasteiger partial charge is 0.0178 e. The molecule has 0 aliphatic carbocycles. The van der Waals surface area contributed by atoms with Gasteiger partial charge in [0.15, 0.2) is 0 Å². The number of benzene rings is 1. The molecule has 1 aromatic carbocycles. The molecule has 0 saturated carbocycles. The summed E-state index contributed by atoms with van der Waals surface area (Å²) in [5.41, 5.74) is 1.38. The van der Waals surface area contributed by atoms with E-state index in [2.05, 4.69) is 64.5 Å². The predicted octanol–water partition coefficient (Wildman–Crippen LogP) is 2.14. The summed E-state index contributed by atoms with van der Waals surface area (Å²) in [7, 11) is 4.19. The number of likely N-dealkylation sites (N-methyl/N-ethyl adjacent to an activating group) is 1. The van der Waals surface area contributed by atoms with Gasteiger partial charge in [0, 0.05) is 17.6 Å². The minimum absolute atomic E-state index is 1.05. The van der Waals surface area contributed by atoms with Crippen LogP contribution in [-0.4, -0.2) is 38.6 Å². The molecular formula is C12H19BrN2. The fourth-order valence-corrected chi connectivity index (χ4v) is 1.80. The molecule has 0 aliphatic heterocycles. The molecular weight excluding hydrogens is 252 g/mol. The van der Waals surface area contributed by atoms with E-state index in [1.807, 2.05) is 0 Å². The van der Waals surface area contributed by atoms with Crippen molar-refractivity contribution < 1.29 is 0 Å². The standard InChI is InChI=1S/C12H19BrN2/c1-15(2)9-8-14-7-6-11-4-3-5-12(13)10-11/h3-5,10,14H,6-9H2,1-2H3. The largest absolute Gasteiger partial charge is 0.315 e. The van der Waals surface area contributed by atoms with Crippen LogP contribution in [0.3, 0.4) is 0 Å². The van der Waals surface area contributed by atoms with Gasteiger partial charge in [0.25, 0.3) is 0 Å². The highest BCUT2D eigenvalue weighted by atomic mass is 79.9. The van der Waals surface area contributed by atoms with Crippen molar-refractivity contribution in [3.05, 3.63) is 34.3 Å².